The van der Waals surface area contributed by atoms with Gasteiger partial charge in [0.2, 0.25) is 11.4 Å². The minimum atomic E-state index is -0.526. The van der Waals surface area contributed by atoms with Crippen LogP contribution in [0, 0.1) is 5.95 Å². The van der Waals surface area contributed by atoms with Gasteiger partial charge in [0.25, 0.3) is 0 Å². The summed E-state index contributed by atoms with van der Waals surface area (Å²) in [5, 5.41) is 9.80. The van der Waals surface area contributed by atoms with E-state index >= 15 is 0 Å². The maximum atomic E-state index is 13.0. The normalized spacial score (nSPS) is 11.0. The monoisotopic (exact) mass is 324 g/mol. The fraction of sp³-hybridized carbons (Fsp3) is 0.158. The molecule has 5 heteroatoms. The molecule has 0 saturated carbocycles. The number of rotatable bonds is 3. The van der Waals surface area contributed by atoms with Crippen LogP contribution in [0.1, 0.15) is 25.5 Å². The van der Waals surface area contributed by atoms with Crippen LogP contribution in [0.3, 0.4) is 0 Å². The maximum absolute atomic E-state index is 13.0. The molecule has 0 aliphatic carbocycles. The summed E-state index contributed by atoms with van der Waals surface area (Å²) in [4.78, 5) is 15.4. The van der Waals surface area contributed by atoms with Crippen molar-refractivity contribution in [3.8, 4) is 22.6 Å². The van der Waals surface area contributed by atoms with Crippen LogP contribution in [0.15, 0.2) is 59.7 Å². The highest BCUT2D eigenvalue weighted by Crippen LogP contribution is 2.25. The number of nitrogens with zero attached hydrogens (tertiary/aromatic N) is 2. The molecule has 1 N–H and O–H groups in total. The molecule has 0 unspecified atom stereocenters. The minimum Gasteiger partial charge on any atom is -0.503 e. The molecule has 1 aromatic carbocycles. The molecule has 2 aromatic heterocycles. The van der Waals surface area contributed by atoms with Crippen LogP contribution < -0.4 is 5.43 Å². The summed E-state index contributed by atoms with van der Waals surface area (Å²) in [6, 6.07) is 12.0. The quantitative estimate of drug-likeness (QED) is 0.744. The third-order valence-electron chi connectivity index (χ3n) is 3.84. The molecule has 0 bridgehead atoms. The third kappa shape index (κ3) is 3.06. The Labute approximate surface area is 138 Å². The molecule has 3 rings (SSSR count). The first-order valence-electron chi connectivity index (χ1n) is 7.63. The van der Waals surface area contributed by atoms with Crippen LogP contribution in [0.4, 0.5) is 4.39 Å². The Morgan fingerprint density at radius 2 is 1.92 bits per heavy atom. The number of pyridine rings is 2. The summed E-state index contributed by atoms with van der Waals surface area (Å²) in [6.07, 6.45) is 2.90. The van der Waals surface area contributed by atoms with Crippen molar-refractivity contribution in [2.24, 2.45) is 0 Å². The molecule has 0 aliphatic rings. The Balaban J connectivity index is 2.14. The third-order valence-corrected chi connectivity index (χ3v) is 3.84. The van der Waals surface area contributed by atoms with Gasteiger partial charge in [0.05, 0.1) is 6.20 Å². The van der Waals surface area contributed by atoms with Gasteiger partial charge in [0.1, 0.15) is 0 Å². The van der Waals surface area contributed by atoms with E-state index in [1.165, 1.54) is 24.5 Å². The second kappa shape index (κ2) is 6.28. The first kappa shape index (κ1) is 15.9. The van der Waals surface area contributed by atoms with Gasteiger partial charge in [0, 0.05) is 29.2 Å². The zero-order chi connectivity index (χ0) is 17.3. The van der Waals surface area contributed by atoms with Crippen molar-refractivity contribution in [2.45, 2.75) is 19.8 Å². The van der Waals surface area contributed by atoms with Crippen molar-refractivity contribution in [2.75, 3.05) is 0 Å². The molecular formula is C19H17FN2O2. The van der Waals surface area contributed by atoms with E-state index in [0.29, 0.717) is 0 Å². The highest BCUT2D eigenvalue weighted by Gasteiger charge is 2.11. The Morgan fingerprint density at radius 1 is 1.12 bits per heavy atom. The fourth-order valence-electron chi connectivity index (χ4n) is 2.59. The Hall–Kier alpha value is -2.95. The smallest absolute Gasteiger partial charge is 0.223 e. The molecule has 0 amide bonds. The second-order valence-corrected chi connectivity index (χ2v) is 5.89. The summed E-state index contributed by atoms with van der Waals surface area (Å²) in [7, 11) is 0. The van der Waals surface area contributed by atoms with Gasteiger partial charge in [-0.05, 0) is 35.7 Å². The molecule has 2 heterocycles. The standard InChI is InChI=1S/C19H17FN2O2/c1-12(2)16-9-17(23)18(24)11-22(16)15-5-3-4-13(8-15)14-6-7-19(20)21-10-14/h3-12,24H,1-2H3. The number of aromatic hydroxyl groups is 1. The zero-order valence-corrected chi connectivity index (χ0v) is 13.4. The van der Waals surface area contributed by atoms with Gasteiger partial charge >= 0.3 is 0 Å². The van der Waals surface area contributed by atoms with Crippen LogP contribution in [0.5, 0.6) is 5.75 Å². The molecule has 0 fully saturated rings. The Kier molecular flexibility index (Phi) is 4.16. The lowest BCUT2D eigenvalue weighted by Gasteiger charge is -2.17. The lowest BCUT2D eigenvalue weighted by molar-refractivity contribution is 0.463. The number of hydrogen-bond donors (Lipinski definition) is 1. The number of hydrogen-bond acceptors (Lipinski definition) is 3. The van der Waals surface area contributed by atoms with Crippen molar-refractivity contribution < 1.29 is 9.50 Å². The van der Waals surface area contributed by atoms with Gasteiger partial charge in [-0.3, -0.25) is 4.79 Å². The molecule has 0 saturated heterocycles. The van der Waals surface area contributed by atoms with Crippen molar-refractivity contribution in [1.29, 1.82) is 0 Å². The van der Waals surface area contributed by atoms with Crippen molar-refractivity contribution >= 4 is 0 Å². The van der Waals surface area contributed by atoms with Crippen LogP contribution in [0.25, 0.3) is 16.8 Å². The van der Waals surface area contributed by atoms with E-state index in [2.05, 4.69) is 4.98 Å². The van der Waals surface area contributed by atoms with Gasteiger partial charge in [-0.2, -0.15) is 4.39 Å². The van der Waals surface area contributed by atoms with Gasteiger partial charge in [-0.25, -0.2) is 4.98 Å². The van der Waals surface area contributed by atoms with Gasteiger partial charge in [-0.15, -0.1) is 0 Å². The van der Waals surface area contributed by atoms with Crippen LogP contribution >= 0.6 is 0 Å². The molecule has 24 heavy (non-hydrogen) atoms. The lowest BCUT2D eigenvalue weighted by atomic mass is 10.1. The first-order chi connectivity index (χ1) is 11.5. The van der Waals surface area contributed by atoms with Crippen molar-refractivity contribution in [3.63, 3.8) is 0 Å². The molecule has 122 valence electrons. The number of aromatic nitrogens is 2. The average Bonchev–Trinajstić information content (AvgIpc) is 2.57. The zero-order valence-electron chi connectivity index (χ0n) is 13.4. The molecule has 3 aromatic rings. The molecule has 4 nitrogen and oxygen atoms in total. The summed E-state index contributed by atoms with van der Waals surface area (Å²) >= 11 is 0. The average molecular weight is 324 g/mol. The molecular weight excluding hydrogens is 307 g/mol. The Bertz CT molecular complexity index is 931. The number of benzene rings is 1. The SMILES string of the molecule is CC(C)c1cc(=O)c(O)cn1-c1cccc(-c2ccc(F)nc2)c1. The second-order valence-electron chi connectivity index (χ2n) is 5.89. The van der Waals surface area contributed by atoms with Crippen LogP contribution in [-0.2, 0) is 0 Å². The molecule has 0 atom stereocenters. The van der Waals surface area contributed by atoms with E-state index in [4.69, 9.17) is 0 Å². The highest BCUT2D eigenvalue weighted by molar-refractivity contribution is 5.65. The summed E-state index contributed by atoms with van der Waals surface area (Å²) in [5.41, 5.74) is 2.86. The fourth-order valence-corrected chi connectivity index (χ4v) is 2.59. The molecule has 0 spiro atoms. The van der Waals surface area contributed by atoms with Crippen molar-refractivity contribution in [3.05, 3.63) is 76.7 Å². The lowest BCUT2D eigenvalue weighted by Crippen LogP contribution is -2.12. The summed E-state index contributed by atoms with van der Waals surface area (Å²) in [6.45, 7) is 3.96. The van der Waals surface area contributed by atoms with Gasteiger partial charge in [0.15, 0.2) is 5.75 Å². The Morgan fingerprint density at radius 3 is 2.58 bits per heavy atom. The predicted molar refractivity (Wildman–Crippen MR) is 91.0 cm³/mol. The van der Waals surface area contributed by atoms with Gasteiger partial charge < -0.3 is 9.67 Å². The number of halogens is 1. The summed E-state index contributed by atoms with van der Waals surface area (Å²) in [5.74, 6) is -0.718. The van der Waals surface area contributed by atoms with E-state index in [0.717, 1.165) is 22.5 Å². The van der Waals surface area contributed by atoms with Gasteiger partial charge in [-0.1, -0.05) is 26.0 Å². The molecule has 0 radical (unpaired) electrons. The van der Waals surface area contributed by atoms with E-state index < -0.39 is 11.4 Å². The predicted octanol–water partition coefficient (Wildman–Crippen LogP) is 3.87. The van der Waals surface area contributed by atoms with Crippen LogP contribution in [0.2, 0.25) is 0 Å². The highest BCUT2D eigenvalue weighted by atomic mass is 19.1. The minimum absolute atomic E-state index is 0.106. The first-order valence-corrected chi connectivity index (χ1v) is 7.63. The van der Waals surface area contributed by atoms with Crippen LogP contribution in [-0.4, -0.2) is 14.7 Å². The molecule has 0 aliphatic heterocycles. The summed E-state index contributed by atoms with van der Waals surface area (Å²) < 4.78 is 14.8. The largest absolute Gasteiger partial charge is 0.503 e. The van der Waals surface area contributed by atoms with E-state index in [9.17, 15) is 14.3 Å². The van der Waals surface area contributed by atoms with E-state index in [1.807, 2.05) is 38.1 Å². The van der Waals surface area contributed by atoms with Crippen molar-refractivity contribution in [1.82, 2.24) is 9.55 Å². The topological polar surface area (TPSA) is 55.1 Å². The maximum Gasteiger partial charge on any atom is 0.223 e. The van der Waals surface area contributed by atoms with E-state index in [-0.39, 0.29) is 11.7 Å². The van der Waals surface area contributed by atoms with E-state index in [1.54, 1.807) is 10.6 Å².